The Balaban J connectivity index is 0.00000289. The first-order valence-corrected chi connectivity index (χ1v) is 12.2. The van der Waals surface area contributed by atoms with Crippen LogP contribution < -0.4 is 16.1 Å². The number of carbonyl (C=O) groups is 1. The van der Waals surface area contributed by atoms with Gasteiger partial charge in [0.25, 0.3) is 5.56 Å². The lowest BCUT2D eigenvalue weighted by atomic mass is 9.90. The van der Waals surface area contributed by atoms with Gasteiger partial charge in [-0.2, -0.15) is 4.98 Å². The Morgan fingerprint density at radius 2 is 1.66 bits per heavy atom. The van der Waals surface area contributed by atoms with Crippen molar-refractivity contribution in [1.29, 1.82) is 0 Å². The van der Waals surface area contributed by atoms with Crippen LogP contribution in [0.25, 0.3) is 11.2 Å². The van der Waals surface area contributed by atoms with Crippen LogP contribution in [0.15, 0.2) is 39.9 Å². The topological polar surface area (TPSA) is 85.4 Å². The van der Waals surface area contributed by atoms with E-state index in [1.54, 1.807) is 16.5 Å². The maximum atomic E-state index is 12.8. The third-order valence-electron chi connectivity index (χ3n) is 7.35. The van der Waals surface area contributed by atoms with Gasteiger partial charge in [0.05, 0.1) is 0 Å². The molecule has 1 amide bonds. The minimum Gasteiger partial charge on any atom is -0.303 e. The Labute approximate surface area is 210 Å². The van der Waals surface area contributed by atoms with Crippen LogP contribution in [0.1, 0.15) is 31.2 Å². The predicted octanol–water partition coefficient (Wildman–Crippen LogP) is 1.94. The number of likely N-dealkylation sites (tertiary alicyclic amines) is 1. The number of halogens is 1. The molecule has 0 atom stereocenters. The molecule has 35 heavy (non-hydrogen) atoms. The molecule has 0 bridgehead atoms. The second kappa shape index (κ2) is 10.4. The Morgan fingerprint density at radius 3 is 2.37 bits per heavy atom. The zero-order valence-corrected chi connectivity index (χ0v) is 21.2. The predicted molar refractivity (Wildman–Crippen MR) is 138 cm³/mol. The Kier molecular flexibility index (Phi) is 7.47. The number of imidazole rings is 1. The van der Waals surface area contributed by atoms with E-state index in [2.05, 4.69) is 40.2 Å². The van der Waals surface area contributed by atoms with Gasteiger partial charge >= 0.3 is 5.69 Å². The van der Waals surface area contributed by atoms with Crippen LogP contribution in [0.5, 0.6) is 0 Å². The van der Waals surface area contributed by atoms with Gasteiger partial charge in [-0.15, -0.1) is 12.4 Å². The summed E-state index contributed by atoms with van der Waals surface area (Å²) in [6, 6.07) is 10.7. The molecule has 0 spiro atoms. The zero-order valence-electron chi connectivity index (χ0n) is 20.4. The summed E-state index contributed by atoms with van der Waals surface area (Å²) < 4.78 is 4.28. The van der Waals surface area contributed by atoms with Gasteiger partial charge in [0.1, 0.15) is 0 Å². The maximum Gasteiger partial charge on any atom is 0.332 e. The van der Waals surface area contributed by atoms with E-state index >= 15 is 0 Å². The average molecular weight is 501 g/mol. The highest BCUT2D eigenvalue weighted by Gasteiger charge is 2.30. The van der Waals surface area contributed by atoms with Crippen molar-refractivity contribution in [1.82, 2.24) is 23.6 Å². The van der Waals surface area contributed by atoms with Gasteiger partial charge < -0.3 is 9.47 Å². The highest BCUT2D eigenvalue weighted by atomic mass is 35.5. The molecule has 4 heterocycles. The summed E-state index contributed by atoms with van der Waals surface area (Å²) in [5.74, 6) is 1.23. The molecule has 0 N–H and O–H groups in total. The van der Waals surface area contributed by atoms with Crippen molar-refractivity contribution in [2.24, 2.45) is 20.0 Å². The van der Waals surface area contributed by atoms with Crippen LogP contribution >= 0.6 is 12.4 Å². The first-order valence-electron chi connectivity index (χ1n) is 12.2. The minimum atomic E-state index is -0.415. The number of fused-ring (bicyclic) bond motifs is 3. The molecule has 5 rings (SSSR count). The normalized spacial score (nSPS) is 17.0. The molecular formula is C25H33ClN6O3. The van der Waals surface area contributed by atoms with Gasteiger partial charge in [-0.25, -0.2) is 4.79 Å². The molecule has 0 saturated carbocycles. The van der Waals surface area contributed by atoms with Crippen LogP contribution in [-0.4, -0.2) is 55.7 Å². The number of hydrogen-bond acceptors (Lipinski definition) is 5. The monoisotopic (exact) mass is 500 g/mol. The summed E-state index contributed by atoms with van der Waals surface area (Å²) in [5.41, 5.74) is 1.35. The van der Waals surface area contributed by atoms with E-state index in [0.29, 0.717) is 36.6 Å². The van der Waals surface area contributed by atoms with Gasteiger partial charge in [0, 0.05) is 33.6 Å². The van der Waals surface area contributed by atoms with Gasteiger partial charge in [0.15, 0.2) is 11.2 Å². The molecule has 0 aliphatic carbocycles. The standard InChI is InChI=1S/C25H32N6O3.ClH/c1-27-22-21(23(33)28(2)25(27)34)31-16-11-20(32)30(24(31)26-22)13-6-12-29-14-9-19(10-15-29)17-18-7-4-3-5-8-18;/h3-5,7-8,19H,6,9-17H2,1-2H3;1H. The molecule has 2 aliphatic rings. The fourth-order valence-corrected chi connectivity index (χ4v) is 5.35. The van der Waals surface area contributed by atoms with Crippen LogP contribution in [-0.2, 0) is 31.9 Å². The number of aromatic nitrogens is 4. The van der Waals surface area contributed by atoms with E-state index in [1.165, 1.54) is 30.0 Å². The largest absolute Gasteiger partial charge is 0.332 e. The van der Waals surface area contributed by atoms with Crippen molar-refractivity contribution in [3.63, 3.8) is 0 Å². The van der Waals surface area contributed by atoms with Crippen LogP contribution in [0.3, 0.4) is 0 Å². The molecule has 1 fully saturated rings. The smallest absolute Gasteiger partial charge is 0.303 e. The summed E-state index contributed by atoms with van der Waals surface area (Å²) in [4.78, 5) is 46.6. The number of nitrogens with zero attached hydrogens (tertiary/aromatic N) is 6. The van der Waals surface area contributed by atoms with Crippen molar-refractivity contribution in [2.45, 2.75) is 38.6 Å². The van der Waals surface area contributed by atoms with Gasteiger partial charge in [-0.05, 0) is 56.8 Å². The minimum absolute atomic E-state index is 0. The number of hydrogen-bond donors (Lipinski definition) is 0. The number of amides is 1. The highest BCUT2D eigenvalue weighted by molar-refractivity contribution is 5.95. The molecular weight excluding hydrogens is 468 g/mol. The van der Waals surface area contributed by atoms with E-state index in [4.69, 9.17) is 0 Å². The molecule has 2 aromatic heterocycles. The fraction of sp³-hybridized carbons (Fsp3) is 0.520. The number of aryl methyl sites for hydroxylation is 2. The molecule has 2 aliphatic heterocycles. The van der Waals surface area contributed by atoms with Gasteiger partial charge in [0.2, 0.25) is 11.9 Å². The van der Waals surface area contributed by atoms with Crippen molar-refractivity contribution in [3.8, 4) is 0 Å². The van der Waals surface area contributed by atoms with E-state index < -0.39 is 5.69 Å². The third kappa shape index (κ3) is 4.79. The molecule has 188 valence electrons. The summed E-state index contributed by atoms with van der Waals surface area (Å²) in [6.07, 6.45) is 4.72. The quantitative estimate of drug-likeness (QED) is 0.516. The number of piperidine rings is 1. The summed E-state index contributed by atoms with van der Waals surface area (Å²) in [7, 11) is 3.08. The molecule has 10 heteroatoms. The van der Waals surface area contributed by atoms with E-state index in [-0.39, 0.29) is 23.9 Å². The summed E-state index contributed by atoms with van der Waals surface area (Å²) >= 11 is 0. The number of rotatable bonds is 6. The molecule has 3 aromatic rings. The van der Waals surface area contributed by atoms with E-state index in [1.807, 2.05) is 0 Å². The fourth-order valence-electron chi connectivity index (χ4n) is 5.35. The third-order valence-corrected chi connectivity index (χ3v) is 7.35. The molecule has 1 aromatic carbocycles. The molecule has 9 nitrogen and oxygen atoms in total. The molecule has 0 unspecified atom stereocenters. The molecule has 1 saturated heterocycles. The van der Waals surface area contributed by atoms with Crippen molar-refractivity contribution < 1.29 is 4.79 Å². The van der Waals surface area contributed by atoms with E-state index in [0.717, 1.165) is 43.0 Å². The van der Waals surface area contributed by atoms with Gasteiger partial charge in [-0.3, -0.25) is 23.6 Å². The van der Waals surface area contributed by atoms with Crippen LogP contribution in [0, 0.1) is 5.92 Å². The van der Waals surface area contributed by atoms with Gasteiger partial charge in [-0.1, -0.05) is 30.3 Å². The second-order valence-electron chi connectivity index (χ2n) is 9.57. The first kappa shape index (κ1) is 25.2. The zero-order chi connectivity index (χ0) is 23.8. The van der Waals surface area contributed by atoms with Crippen molar-refractivity contribution >= 4 is 35.4 Å². The summed E-state index contributed by atoms with van der Waals surface area (Å²) in [5, 5.41) is 0. The Hall–Kier alpha value is -2.91. The number of anilines is 1. The maximum absolute atomic E-state index is 12.8. The van der Waals surface area contributed by atoms with Crippen LogP contribution in [0.2, 0.25) is 0 Å². The Bertz CT molecular complexity index is 1320. The number of benzene rings is 1. The first-order chi connectivity index (χ1) is 16.4. The lowest BCUT2D eigenvalue weighted by Crippen LogP contribution is -2.41. The molecule has 0 radical (unpaired) electrons. The van der Waals surface area contributed by atoms with E-state index in [9.17, 15) is 14.4 Å². The second-order valence-corrected chi connectivity index (χ2v) is 9.57. The lowest BCUT2D eigenvalue weighted by Gasteiger charge is -2.33. The van der Waals surface area contributed by atoms with Crippen molar-refractivity contribution in [2.75, 3.05) is 31.1 Å². The number of carbonyl (C=O) groups excluding carboxylic acids is 1. The highest BCUT2D eigenvalue weighted by Crippen LogP contribution is 2.26. The lowest BCUT2D eigenvalue weighted by molar-refractivity contribution is -0.119. The average Bonchev–Trinajstić information content (AvgIpc) is 3.24. The summed E-state index contributed by atoms with van der Waals surface area (Å²) in [6.45, 7) is 4.07. The van der Waals surface area contributed by atoms with Crippen molar-refractivity contribution in [3.05, 3.63) is 56.7 Å². The SMILES string of the molecule is Cl.Cn1c(=O)c2c(nc3n2CCC(=O)N3CCCN2CCC(Cc3ccccc3)CC2)n(C)c1=O. The Morgan fingerprint density at radius 1 is 0.943 bits per heavy atom. The van der Waals surface area contributed by atoms with Crippen LogP contribution in [0.4, 0.5) is 5.95 Å².